The fourth-order valence-electron chi connectivity index (χ4n) is 4.36. The molecule has 0 bridgehead atoms. The molecule has 0 aliphatic heterocycles. The summed E-state index contributed by atoms with van der Waals surface area (Å²) in [6.07, 6.45) is 0. The fourth-order valence-corrected chi connectivity index (χ4v) is 4.36. The van der Waals surface area contributed by atoms with E-state index >= 15 is 0 Å². The van der Waals surface area contributed by atoms with E-state index in [-0.39, 0.29) is 0 Å². The van der Waals surface area contributed by atoms with Crippen LogP contribution in [0.3, 0.4) is 0 Å². The summed E-state index contributed by atoms with van der Waals surface area (Å²) in [5.41, 5.74) is 5.45. The molecule has 0 radical (unpaired) electrons. The van der Waals surface area contributed by atoms with Crippen LogP contribution in [0.15, 0.2) is 109 Å². The lowest BCUT2D eigenvalue weighted by molar-refractivity contribution is 0.867. The third-order valence-electron chi connectivity index (χ3n) is 6.07. The van der Waals surface area contributed by atoms with Gasteiger partial charge in [0.05, 0.1) is 0 Å². The summed E-state index contributed by atoms with van der Waals surface area (Å²) >= 11 is 0. The summed E-state index contributed by atoms with van der Waals surface area (Å²) in [6, 6.07) is 39.0. The number of rotatable bonds is 3. The van der Waals surface area contributed by atoms with Gasteiger partial charge < -0.3 is 0 Å². The van der Waals surface area contributed by atoms with Gasteiger partial charge in [0.2, 0.25) is 0 Å². The van der Waals surface area contributed by atoms with Crippen LogP contribution in [0.5, 0.6) is 0 Å². The summed E-state index contributed by atoms with van der Waals surface area (Å²) < 4.78 is 0. The second-order valence-corrected chi connectivity index (χ2v) is 9.03. The average molecular weight is 447 g/mol. The van der Waals surface area contributed by atoms with E-state index in [1.165, 1.54) is 43.8 Å². The van der Waals surface area contributed by atoms with Gasteiger partial charge in [0, 0.05) is 0 Å². The average Bonchev–Trinajstić information content (AvgIpc) is 2.89. The van der Waals surface area contributed by atoms with Gasteiger partial charge in [-0.15, -0.1) is 0 Å². The summed E-state index contributed by atoms with van der Waals surface area (Å²) in [5.74, 6) is 1.15. The molecular weight excluding hydrogens is 408 g/mol. The van der Waals surface area contributed by atoms with Crippen LogP contribution in [0, 0.1) is 0 Å². The van der Waals surface area contributed by atoms with E-state index in [2.05, 4.69) is 131 Å². The Hall–Kier alpha value is -3.38. The second kappa shape index (κ2) is 12.2. The Labute approximate surface area is 206 Å². The largest absolute Gasteiger partial charge is 0.0683 e. The van der Waals surface area contributed by atoms with E-state index in [0.29, 0.717) is 11.8 Å². The zero-order valence-corrected chi connectivity index (χ0v) is 21.5. The minimum absolute atomic E-state index is 0.547. The van der Waals surface area contributed by atoms with E-state index in [4.69, 9.17) is 0 Å². The third kappa shape index (κ3) is 5.94. The lowest BCUT2D eigenvalue weighted by atomic mass is 9.90. The monoisotopic (exact) mass is 446 g/mol. The van der Waals surface area contributed by atoms with E-state index < -0.39 is 0 Å². The predicted molar refractivity (Wildman–Crippen MR) is 153 cm³/mol. The van der Waals surface area contributed by atoms with Crippen molar-refractivity contribution in [3.63, 3.8) is 0 Å². The molecular formula is C34H38. The number of fused-ring (bicyclic) bond motifs is 2. The maximum atomic E-state index is 2.29. The first-order valence-corrected chi connectivity index (χ1v) is 12.6. The van der Waals surface area contributed by atoms with Gasteiger partial charge in [-0.05, 0) is 61.7 Å². The Morgan fingerprint density at radius 1 is 0.441 bits per heavy atom. The minimum atomic E-state index is 0.547. The zero-order chi connectivity index (χ0) is 24.5. The van der Waals surface area contributed by atoms with E-state index in [1.807, 2.05) is 19.9 Å². The van der Waals surface area contributed by atoms with Crippen LogP contribution in [0.1, 0.15) is 64.5 Å². The smallest absolute Gasteiger partial charge is 0.0143 e. The molecule has 0 unspecified atom stereocenters. The minimum Gasteiger partial charge on any atom is -0.0683 e. The van der Waals surface area contributed by atoms with Crippen molar-refractivity contribution in [2.75, 3.05) is 0 Å². The Morgan fingerprint density at radius 2 is 0.882 bits per heavy atom. The SMILES string of the molecule is CC.CC(C)c1c2ccccc2cc2ccccc12.CC(C)c1ccc(-c2ccccc2)cc1. The van der Waals surface area contributed by atoms with Crippen LogP contribution < -0.4 is 0 Å². The lowest BCUT2D eigenvalue weighted by Crippen LogP contribution is -1.92. The number of hydrogen-bond donors (Lipinski definition) is 0. The molecule has 0 amide bonds. The molecule has 0 nitrogen and oxygen atoms in total. The quantitative estimate of drug-likeness (QED) is 0.242. The van der Waals surface area contributed by atoms with Gasteiger partial charge in [-0.2, -0.15) is 0 Å². The standard InChI is InChI=1S/C17H16.C15H16.C2H6/c1-12(2)17-15-9-5-3-7-13(15)11-14-8-4-6-10-16(14)17;1-12(2)13-8-10-15(11-9-13)14-6-4-3-5-7-14;1-2/h3-12H,1-2H3;3-12H,1-2H3;1-2H3. The van der Waals surface area contributed by atoms with Crippen molar-refractivity contribution >= 4 is 21.5 Å². The molecule has 174 valence electrons. The first kappa shape index (κ1) is 25.2. The fraction of sp³-hybridized carbons (Fsp3) is 0.235. The molecule has 0 saturated carbocycles. The van der Waals surface area contributed by atoms with Gasteiger partial charge in [-0.25, -0.2) is 0 Å². The van der Waals surface area contributed by atoms with Crippen molar-refractivity contribution in [1.82, 2.24) is 0 Å². The molecule has 0 saturated heterocycles. The zero-order valence-electron chi connectivity index (χ0n) is 21.5. The van der Waals surface area contributed by atoms with Gasteiger partial charge in [0.15, 0.2) is 0 Å². The van der Waals surface area contributed by atoms with Crippen LogP contribution in [0.4, 0.5) is 0 Å². The molecule has 0 aliphatic carbocycles. The normalized spacial score (nSPS) is 10.6. The van der Waals surface area contributed by atoms with Crippen LogP contribution in [0.2, 0.25) is 0 Å². The first-order chi connectivity index (χ1) is 16.5. The third-order valence-corrected chi connectivity index (χ3v) is 6.07. The molecule has 5 aromatic carbocycles. The predicted octanol–water partition coefficient (Wildman–Crippen LogP) is 10.6. The molecule has 0 spiro atoms. The number of benzene rings is 5. The molecule has 0 aromatic heterocycles. The second-order valence-electron chi connectivity index (χ2n) is 9.03. The molecule has 0 aliphatic rings. The van der Waals surface area contributed by atoms with Crippen molar-refractivity contribution in [2.45, 2.75) is 53.4 Å². The first-order valence-electron chi connectivity index (χ1n) is 12.6. The lowest BCUT2D eigenvalue weighted by Gasteiger charge is -2.14. The maximum absolute atomic E-state index is 2.29. The molecule has 0 fully saturated rings. The van der Waals surface area contributed by atoms with Gasteiger partial charge >= 0.3 is 0 Å². The van der Waals surface area contributed by atoms with Crippen molar-refractivity contribution < 1.29 is 0 Å². The summed E-state index contributed by atoms with van der Waals surface area (Å²) in [4.78, 5) is 0. The summed E-state index contributed by atoms with van der Waals surface area (Å²) in [5, 5.41) is 5.47. The Balaban J connectivity index is 0.000000179. The Morgan fingerprint density at radius 3 is 1.35 bits per heavy atom. The van der Waals surface area contributed by atoms with Crippen LogP contribution in [0.25, 0.3) is 32.7 Å². The van der Waals surface area contributed by atoms with E-state index in [1.54, 1.807) is 0 Å². The molecule has 5 rings (SSSR count). The molecule has 0 heteroatoms. The molecule has 0 N–H and O–H groups in total. The molecule has 5 aromatic rings. The van der Waals surface area contributed by atoms with Gasteiger partial charge in [0.25, 0.3) is 0 Å². The Kier molecular flexibility index (Phi) is 9.05. The van der Waals surface area contributed by atoms with E-state index in [9.17, 15) is 0 Å². The van der Waals surface area contributed by atoms with Gasteiger partial charge in [-0.1, -0.05) is 145 Å². The maximum Gasteiger partial charge on any atom is -0.0143 e. The van der Waals surface area contributed by atoms with Gasteiger partial charge in [0.1, 0.15) is 0 Å². The van der Waals surface area contributed by atoms with Crippen molar-refractivity contribution in [3.05, 3.63) is 120 Å². The van der Waals surface area contributed by atoms with Crippen LogP contribution in [-0.2, 0) is 0 Å². The topological polar surface area (TPSA) is 0 Å². The van der Waals surface area contributed by atoms with Crippen LogP contribution in [-0.4, -0.2) is 0 Å². The van der Waals surface area contributed by atoms with Crippen molar-refractivity contribution in [1.29, 1.82) is 0 Å². The summed E-state index contributed by atoms with van der Waals surface area (Å²) in [7, 11) is 0. The van der Waals surface area contributed by atoms with Crippen LogP contribution >= 0.6 is 0 Å². The number of hydrogen-bond acceptors (Lipinski definition) is 0. The van der Waals surface area contributed by atoms with Crippen molar-refractivity contribution in [2.24, 2.45) is 0 Å². The summed E-state index contributed by atoms with van der Waals surface area (Å²) in [6.45, 7) is 13.0. The van der Waals surface area contributed by atoms with Crippen molar-refractivity contribution in [3.8, 4) is 11.1 Å². The van der Waals surface area contributed by atoms with Gasteiger partial charge in [-0.3, -0.25) is 0 Å². The Bertz CT molecular complexity index is 1240. The van der Waals surface area contributed by atoms with E-state index in [0.717, 1.165) is 0 Å². The molecule has 0 atom stereocenters. The highest BCUT2D eigenvalue weighted by atomic mass is 14.1. The molecule has 34 heavy (non-hydrogen) atoms. The highest BCUT2D eigenvalue weighted by Gasteiger charge is 2.09. The molecule has 0 heterocycles. The highest BCUT2D eigenvalue weighted by molar-refractivity contribution is 6.02. The highest BCUT2D eigenvalue weighted by Crippen LogP contribution is 2.33.